The molecule has 2 rings (SSSR count). The van der Waals surface area contributed by atoms with Crippen molar-refractivity contribution in [3.63, 3.8) is 0 Å². The van der Waals surface area contributed by atoms with Crippen LogP contribution in [0.2, 0.25) is 0 Å². The van der Waals surface area contributed by atoms with Gasteiger partial charge in [0.1, 0.15) is 0 Å². The highest BCUT2D eigenvalue weighted by Crippen LogP contribution is 2.15. The quantitative estimate of drug-likeness (QED) is 0.877. The second-order valence-electron chi connectivity index (χ2n) is 5.01. The van der Waals surface area contributed by atoms with E-state index in [2.05, 4.69) is 9.88 Å². The van der Waals surface area contributed by atoms with Crippen molar-refractivity contribution in [3.05, 3.63) is 48.8 Å². The summed E-state index contributed by atoms with van der Waals surface area (Å²) >= 11 is 0. The number of hydrogen-bond acceptors (Lipinski definition) is 2. The molecule has 2 aromatic rings. The fourth-order valence-corrected chi connectivity index (χ4v) is 2.01. The maximum Gasteiger partial charge on any atom is 0.224 e. The fraction of sp³-hybridized carbons (Fsp3) is 0.312. The van der Waals surface area contributed by atoms with Gasteiger partial charge in [0.15, 0.2) is 0 Å². The number of carbonyl (C=O) groups is 1. The van der Waals surface area contributed by atoms with Crippen LogP contribution in [0, 0.1) is 0 Å². The summed E-state index contributed by atoms with van der Waals surface area (Å²) in [6.07, 6.45) is 5.40. The van der Waals surface area contributed by atoms with Gasteiger partial charge in [0.2, 0.25) is 5.91 Å². The van der Waals surface area contributed by atoms with Crippen molar-refractivity contribution in [1.82, 2.24) is 4.57 Å². The van der Waals surface area contributed by atoms with E-state index in [1.165, 1.54) is 0 Å². The predicted molar refractivity (Wildman–Crippen MR) is 83.1 cm³/mol. The first-order valence-electron chi connectivity index (χ1n) is 6.83. The van der Waals surface area contributed by atoms with Gasteiger partial charge in [-0.3, -0.25) is 4.79 Å². The van der Waals surface area contributed by atoms with Crippen LogP contribution in [0.4, 0.5) is 11.4 Å². The van der Waals surface area contributed by atoms with Crippen molar-refractivity contribution in [2.75, 3.05) is 24.3 Å². The second kappa shape index (κ2) is 6.80. The maximum atomic E-state index is 11.8. The molecule has 1 N–H and O–H groups in total. The van der Waals surface area contributed by atoms with Gasteiger partial charge in [0, 0.05) is 50.8 Å². The van der Waals surface area contributed by atoms with Crippen molar-refractivity contribution < 1.29 is 4.79 Å². The van der Waals surface area contributed by atoms with Gasteiger partial charge in [-0.2, -0.15) is 0 Å². The highest BCUT2D eigenvalue weighted by molar-refractivity contribution is 5.90. The van der Waals surface area contributed by atoms with E-state index in [9.17, 15) is 4.79 Å². The summed E-state index contributed by atoms with van der Waals surface area (Å²) in [4.78, 5) is 13.9. The average Bonchev–Trinajstić information content (AvgIpc) is 2.92. The molecule has 0 bridgehead atoms. The maximum absolute atomic E-state index is 11.8. The molecule has 1 aromatic heterocycles. The number of aryl methyl sites for hydroxylation is 1. The van der Waals surface area contributed by atoms with Gasteiger partial charge < -0.3 is 14.8 Å². The number of aromatic nitrogens is 1. The summed E-state index contributed by atoms with van der Waals surface area (Å²) in [5, 5.41) is 2.92. The van der Waals surface area contributed by atoms with Crippen LogP contribution in [0.15, 0.2) is 48.8 Å². The Hall–Kier alpha value is -2.23. The third-order valence-corrected chi connectivity index (χ3v) is 3.15. The van der Waals surface area contributed by atoms with E-state index in [0.29, 0.717) is 6.42 Å². The molecule has 0 saturated carbocycles. The topological polar surface area (TPSA) is 37.3 Å². The number of carbonyl (C=O) groups excluding carboxylic acids is 1. The van der Waals surface area contributed by atoms with Crippen molar-refractivity contribution in [1.29, 1.82) is 0 Å². The van der Waals surface area contributed by atoms with Crippen LogP contribution >= 0.6 is 0 Å². The highest BCUT2D eigenvalue weighted by atomic mass is 16.1. The number of amides is 1. The zero-order valence-corrected chi connectivity index (χ0v) is 12.0. The fourth-order valence-electron chi connectivity index (χ4n) is 2.01. The highest BCUT2D eigenvalue weighted by Gasteiger charge is 2.03. The lowest BCUT2D eigenvalue weighted by atomic mass is 10.2. The summed E-state index contributed by atoms with van der Waals surface area (Å²) in [5.41, 5.74) is 1.97. The van der Waals surface area contributed by atoms with Gasteiger partial charge in [0.05, 0.1) is 0 Å². The van der Waals surface area contributed by atoms with E-state index in [4.69, 9.17) is 0 Å². The van der Waals surface area contributed by atoms with E-state index in [1.807, 2.05) is 67.8 Å². The molecule has 0 saturated heterocycles. The SMILES string of the molecule is CN(C)c1ccc(NC(=O)CCCn2cccc2)cc1. The number of benzene rings is 1. The largest absolute Gasteiger partial charge is 0.378 e. The third-order valence-electron chi connectivity index (χ3n) is 3.15. The van der Waals surface area contributed by atoms with Crippen LogP contribution < -0.4 is 10.2 Å². The van der Waals surface area contributed by atoms with Crippen molar-refractivity contribution >= 4 is 17.3 Å². The zero-order chi connectivity index (χ0) is 14.4. The lowest BCUT2D eigenvalue weighted by Gasteiger charge is -2.13. The minimum Gasteiger partial charge on any atom is -0.378 e. The molecular weight excluding hydrogens is 250 g/mol. The summed E-state index contributed by atoms with van der Waals surface area (Å²) < 4.78 is 2.08. The molecule has 0 aliphatic carbocycles. The lowest BCUT2D eigenvalue weighted by Crippen LogP contribution is -2.13. The van der Waals surface area contributed by atoms with Crippen LogP contribution in [-0.2, 0) is 11.3 Å². The Bertz CT molecular complexity index is 529. The standard InChI is InChI=1S/C16H21N3O/c1-18(2)15-9-7-14(8-10-15)17-16(20)6-5-13-19-11-3-4-12-19/h3-4,7-12H,5-6,13H2,1-2H3,(H,17,20). The van der Waals surface area contributed by atoms with E-state index in [-0.39, 0.29) is 5.91 Å². The monoisotopic (exact) mass is 271 g/mol. The molecule has 106 valence electrons. The molecule has 0 fully saturated rings. The minimum absolute atomic E-state index is 0.0646. The van der Waals surface area contributed by atoms with Crippen LogP contribution in [-0.4, -0.2) is 24.6 Å². The van der Waals surface area contributed by atoms with Crippen LogP contribution in [0.3, 0.4) is 0 Å². The Morgan fingerprint density at radius 1 is 1.15 bits per heavy atom. The summed E-state index contributed by atoms with van der Waals surface area (Å²) in [6, 6.07) is 11.8. The Morgan fingerprint density at radius 2 is 1.80 bits per heavy atom. The number of nitrogens with one attached hydrogen (secondary N) is 1. The predicted octanol–water partition coefficient (Wildman–Crippen LogP) is 2.97. The second-order valence-corrected chi connectivity index (χ2v) is 5.01. The third kappa shape index (κ3) is 4.16. The molecule has 0 aliphatic rings. The molecule has 0 unspecified atom stereocenters. The molecule has 0 atom stereocenters. The molecule has 0 spiro atoms. The van der Waals surface area contributed by atoms with Crippen LogP contribution in [0.25, 0.3) is 0 Å². The summed E-state index contributed by atoms with van der Waals surface area (Å²) in [7, 11) is 3.99. The Labute approximate surface area is 120 Å². The van der Waals surface area contributed by atoms with Gasteiger partial charge in [-0.15, -0.1) is 0 Å². The zero-order valence-electron chi connectivity index (χ0n) is 12.0. The molecule has 0 radical (unpaired) electrons. The van der Waals surface area contributed by atoms with E-state index in [0.717, 1.165) is 24.3 Å². The first-order valence-corrected chi connectivity index (χ1v) is 6.83. The van der Waals surface area contributed by atoms with Crippen LogP contribution in [0.1, 0.15) is 12.8 Å². The summed E-state index contributed by atoms with van der Waals surface area (Å²) in [6.45, 7) is 0.875. The van der Waals surface area contributed by atoms with Gasteiger partial charge in [-0.05, 0) is 42.8 Å². The van der Waals surface area contributed by atoms with Gasteiger partial charge in [-0.25, -0.2) is 0 Å². The smallest absolute Gasteiger partial charge is 0.224 e. The van der Waals surface area contributed by atoms with Crippen molar-refractivity contribution in [3.8, 4) is 0 Å². The molecule has 4 heteroatoms. The van der Waals surface area contributed by atoms with Gasteiger partial charge >= 0.3 is 0 Å². The van der Waals surface area contributed by atoms with E-state index < -0.39 is 0 Å². The molecular formula is C16H21N3O. The Morgan fingerprint density at radius 3 is 2.40 bits per heavy atom. The van der Waals surface area contributed by atoms with Crippen LogP contribution in [0.5, 0.6) is 0 Å². The average molecular weight is 271 g/mol. The first-order chi connectivity index (χ1) is 9.65. The molecule has 4 nitrogen and oxygen atoms in total. The number of anilines is 2. The molecule has 0 aliphatic heterocycles. The van der Waals surface area contributed by atoms with E-state index >= 15 is 0 Å². The Kier molecular flexibility index (Phi) is 4.82. The minimum atomic E-state index is 0.0646. The number of hydrogen-bond donors (Lipinski definition) is 1. The van der Waals surface area contributed by atoms with E-state index in [1.54, 1.807) is 0 Å². The first kappa shape index (κ1) is 14.2. The molecule has 1 heterocycles. The Balaban J connectivity index is 1.76. The number of rotatable bonds is 6. The van der Waals surface area contributed by atoms with Gasteiger partial charge in [-0.1, -0.05) is 0 Å². The lowest BCUT2D eigenvalue weighted by molar-refractivity contribution is -0.116. The van der Waals surface area contributed by atoms with Crippen molar-refractivity contribution in [2.45, 2.75) is 19.4 Å². The number of nitrogens with zero attached hydrogens (tertiary/aromatic N) is 2. The summed E-state index contributed by atoms with van der Waals surface area (Å²) in [5.74, 6) is 0.0646. The molecule has 20 heavy (non-hydrogen) atoms. The van der Waals surface area contributed by atoms with Gasteiger partial charge in [0.25, 0.3) is 0 Å². The molecule has 1 aromatic carbocycles. The normalized spacial score (nSPS) is 10.3. The molecule has 1 amide bonds. The van der Waals surface area contributed by atoms with Crippen molar-refractivity contribution in [2.24, 2.45) is 0 Å².